The summed E-state index contributed by atoms with van der Waals surface area (Å²) in [5.41, 5.74) is -0.241. The second-order valence-corrected chi connectivity index (χ2v) is 5.36. The molecule has 1 aromatic carbocycles. The van der Waals surface area contributed by atoms with Crippen LogP contribution in [0.25, 0.3) is 0 Å². The van der Waals surface area contributed by atoms with Crippen molar-refractivity contribution in [1.29, 1.82) is 0 Å². The van der Waals surface area contributed by atoms with Gasteiger partial charge in [0.15, 0.2) is 17.5 Å². The normalized spacial score (nSPS) is 10.5. The Labute approximate surface area is 138 Å². The topological polar surface area (TPSA) is 45.2 Å². The highest BCUT2D eigenvalue weighted by atomic mass is 19.2. The fourth-order valence-corrected chi connectivity index (χ4v) is 2.10. The Hall–Kier alpha value is -2.57. The number of nitrogens with zero attached hydrogens (tertiary/aromatic N) is 2. The predicted molar refractivity (Wildman–Crippen MR) is 86.7 cm³/mol. The van der Waals surface area contributed by atoms with Crippen molar-refractivity contribution in [3.63, 3.8) is 0 Å². The zero-order valence-electron chi connectivity index (χ0n) is 13.4. The van der Waals surface area contributed by atoms with Gasteiger partial charge in [0.25, 0.3) is 5.91 Å². The summed E-state index contributed by atoms with van der Waals surface area (Å²) in [5.74, 6) is -4.67. The molecule has 0 aliphatic carbocycles. The van der Waals surface area contributed by atoms with E-state index in [0.29, 0.717) is 11.8 Å². The number of pyridine rings is 1. The molecule has 0 bridgehead atoms. The molecule has 1 aromatic heterocycles. The van der Waals surface area contributed by atoms with Gasteiger partial charge in [-0.1, -0.05) is 13.3 Å². The number of benzene rings is 1. The van der Waals surface area contributed by atoms with Crippen molar-refractivity contribution in [1.82, 2.24) is 4.98 Å². The van der Waals surface area contributed by atoms with Gasteiger partial charge in [0, 0.05) is 13.6 Å². The van der Waals surface area contributed by atoms with E-state index in [0.717, 1.165) is 31.3 Å². The lowest BCUT2D eigenvalue weighted by Gasteiger charge is -2.17. The van der Waals surface area contributed by atoms with E-state index in [2.05, 4.69) is 17.2 Å². The number of rotatable bonds is 6. The molecule has 0 saturated carbocycles. The van der Waals surface area contributed by atoms with Crippen LogP contribution in [0, 0.1) is 17.5 Å². The van der Waals surface area contributed by atoms with Gasteiger partial charge in [-0.3, -0.25) is 4.79 Å². The molecular weight excluding hydrogens is 319 g/mol. The molecule has 24 heavy (non-hydrogen) atoms. The first-order valence-electron chi connectivity index (χ1n) is 7.56. The largest absolute Gasteiger partial charge is 0.360 e. The summed E-state index contributed by atoms with van der Waals surface area (Å²) in [6, 6.07) is 4.92. The quantitative estimate of drug-likeness (QED) is 0.811. The molecule has 0 aliphatic rings. The molecule has 0 spiro atoms. The van der Waals surface area contributed by atoms with E-state index in [1.54, 1.807) is 12.1 Å². The molecule has 2 aromatic rings. The van der Waals surface area contributed by atoms with Gasteiger partial charge in [0.2, 0.25) is 0 Å². The second kappa shape index (κ2) is 7.81. The number of anilines is 2. The van der Waals surface area contributed by atoms with Crippen molar-refractivity contribution in [2.75, 3.05) is 23.8 Å². The number of amides is 1. The van der Waals surface area contributed by atoms with Gasteiger partial charge >= 0.3 is 0 Å². The maximum atomic E-state index is 13.6. The maximum absolute atomic E-state index is 13.6. The molecule has 128 valence electrons. The number of hydrogen-bond donors (Lipinski definition) is 1. The predicted octanol–water partition coefficient (Wildman–Crippen LogP) is 3.99. The summed E-state index contributed by atoms with van der Waals surface area (Å²) >= 11 is 0. The standard InChI is InChI=1S/C17H18F3N3O/c1-3-4-9-23(2)14-8-5-11(10-21-14)22-17(24)12-6-7-13(18)16(20)15(12)19/h5-8,10H,3-4,9H2,1-2H3,(H,22,24). The highest BCUT2D eigenvalue weighted by Crippen LogP contribution is 2.18. The third-order valence-electron chi connectivity index (χ3n) is 3.52. The summed E-state index contributed by atoms with van der Waals surface area (Å²) in [6.07, 6.45) is 3.53. The average molecular weight is 337 g/mol. The minimum atomic E-state index is -1.67. The van der Waals surface area contributed by atoms with Crippen LogP contribution in [0.15, 0.2) is 30.5 Å². The number of carbonyl (C=O) groups excluding carboxylic acids is 1. The fraction of sp³-hybridized carbons (Fsp3) is 0.294. The van der Waals surface area contributed by atoms with Crippen LogP contribution >= 0.6 is 0 Å². The Morgan fingerprint density at radius 3 is 2.54 bits per heavy atom. The minimum Gasteiger partial charge on any atom is -0.360 e. The molecule has 0 radical (unpaired) electrons. The number of unbranched alkanes of at least 4 members (excludes halogenated alkanes) is 1. The van der Waals surface area contributed by atoms with E-state index in [1.807, 2.05) is 11.9 Å². The molecule has 0 aliphatic heterocycles. The van der Waals surface area contributed by atoms with Crippen molar-refractivity contribution >= 4 is 17.4 Å². The highest BCUT2D eigenvalue weighted by Gasteiger charge is 2.19. The third-order valence-corrected chi connectivity index (χ3v) is 3.52. The van der Waals surface area contributed by atoms with Crippen molar-refractivity contribution in [2.24, 2.45) is 0 Å². The zero-order valence-corrected chi connectivity index (χ0v) is 13.4. The highest BCUT2D eigenvalue weighted by molar-refractivity contribution is 6.04. The molecule has 0 atom stereocenters. The fourth-order valence-electron chi connectivity index (χ4n) is 2.10. The number of aromatic nitrogens is 1. The van der Waals surface area contributed by atoms with Gasteiger partial charge in [0.05, 0.1) is 17.4 Å². The first-order valence-corrected chi connectivity index (χ1v) is 7.56. The number of halogens is 3. The average Bonchev–Trinajstić information content (AvgIpc) is 2.58. The van der Waals surface area contributed by atoms with Crippen molar-refractivity contribution in [2.45, 2.75) is 19.8 Å². The van der Waals surface area contributed by atoms with Crippen LogP contribution in [-0.4, -0.2) is 24.5 Å². The molecule has 0 unspecified atom stereocenters. The molecule has 0 saturated heterocycles. The van der Waals surface area contributed by atoms with Gasteiger partial charge in [-0.15, -0.1) is 0 Å². The van der Waals surface area contributed by atoms with Crippen molar-refractivity contribution < 1.29 is 18.0 Å². The van der Waals surface area contributed by atoms with E-state index in [-0.39, 0.29) is 0 Å². The van der Waals surface area contributed by atoms with E-state index in [1.165, 1.54) is 6.20 Å². The first kappa shape index (κ1) is 17.8. The lowest BCUT2D eigenvalue weighted by Crippen LogP contribution is -2.20. The summed E-state index contributed by atoms with van der Waals surface area (Å²) in [6.45, 7) is 2.95. The van der Waals surface area contributed by atoms with Crippen LogP contribution in [0.1, 0.15) is 30.1 Å². The SMILES string of the molecule is CCCCN(C)c1ccc(NC(=O)c2ccc(F)c(F)c2F)cn1. The Balaban J connectivity index is 2.08. The monoisotopic (exact) mass is 337 g/mol. The Morgan fingerprint density at radius 1 is 1.17 bits per heavy atom. The summed E-state index contributed by atoms with van der Waals surface area (Å²) < 4.78 is 39.7. The summed E-state index contributed by atoms with van der Waals surface area (Å²) in [7, 11) is 1.91. The number of nitrogens with one attached hydrogen (secondary N) is 1. The maximum Gasteiger partial charge on any atom is 0.258 e. The molecular formula is C17H18F3N3O. The summed E-state index contributed by atoms with van der Waals surface area (Å²) in [5, 5.41) is 2.41. The Bertz CT molecular complexity index is 720. The van der Waals surface area contributed by atoms with Crippen molar-refractivity contribution in [3.8, 4) is 0 Å². The van der Waals surface area contributed by atoms with Crippen LogP contribution in [0.4, 0.5) is 24.7 Å². The minimum absolute atomic E-state index is 0.330. The molecule has 0 fully saturated rings. The molecule has 1 N–H and O–H groups in total. The van der Waals surface area contributed by atoms with Crippen LogP contribution < -0.4 is 10.2 Å². The van der Waals surface area contributed by atoms with Gasteiger partial charge in [-0.25, -0.2) is 18.2 Å². The smallest absolute Gasteiger partial charge is 0.258 e. The van der Waals surface area contributed by atoms with E-state index in [9.17, 15) is 18.0 Å². The van der Waals surface area contributed by atoms with Crippen LogP contribution in [0.2, 0.25) is 0 Å². The van der Waals surface area contributed by atoms with E-state index in [4.69, 9.17) is 0 Å². The third kappa shape index (κ3) is 4.04. The van der Waals surface area contributed by atoms with Gasteiger partial charge in [-0.2, -0.15) is 0 Å². The lowest BCUT2D eigenvalue weighted by molar-refractivity contribution is 0.102. The number of carbonyl (C=O) groups is 1. The van der Waals surface area contributed by atoms with Crippen molar-refractivity contribution in [3.05, 3.63) is 53.5 Å². The van der Waals surface area contributed by atoms with E-state index >= 15 is 0 Å². The molecule has 4 nitrogen and oxygen atoms in total. The molecule has 2 rings (SSSR count). The molecule has 1 amide bonds. The van der Waals surface area contributed by atoms with E-state index < -0.39 is 28.9 Å². The molecule has 7 heteroatoms. The van der Waals surface area contributed by atoms with Crippen LogP contribution in [-0.2, 0) is 0 Å². The second-order valence-electron chi connectivity index (χ2n) is 5.36. The zero-order chi connectivity index (χ0) is 17.7. The first-order chi connectivity index (χ1) is 11.4. The Morgan fingerprint density at radius 2 is 1.92 bits per heavy atom. The van der Waals surface area contributed by atoms with Crippen LogP contribution in [0.5, 0.6) is 0 Å². The summed E-state index contributed by atoms with van der Waals surface area (Å²) in [4.78, 5) is 18.2. The lowest BCUT2D eigenvalue weighted by atomic mass is 10.2. The Kier molecular flexibility index (Phi) is 5.78. The number of hydrogen-bond acceptors (Lipinski definition) is 3. The van der Waals surface area contributed by atoms with Crippen LogP contribution in [0.3, 0.4) is 0 Å². The van der Waals surface area contributed by atoms with Gasteiger partial charge < -0.3 is 10.2 Å². The molecule has 1 heterocycles. The van der Waals surface area contributed by atoms with Gasteiger partial charge in [0.1, 0.15) is 5.82 Å². The van der Waals surface area contributed by atoms with Gasteiger partial charge in [-0.05, 0) is 30.7 Å².